The molecule has 0 saturated carbocycles. The zero-order valence-corrected chi connectivity index (χ0v) is 21.3. The number of nitrogens with zero attached hydrogens (tertiary/aromatic N) is 2. The zero-order chi connectivity index (χ0) is 25.6. The van der Waals surface area contributed by atoms with Gasteiger partial charge in [-0.2, -0.15) is 4.31 Å². The van der Waals surface area contributed by atoms with E-state index >= 15 is 0 Å². The Morgan fingerprint density at radius 3 is 2.63 bits per heavy atom. The van der Waals surface area contributed by atoms with Crippen molar-refractivity contribution in [1.82, 2.24) is 14.7 Å². The summed E-state index contributed by atoms with van der Waals surface area (Å²) in [5.41, 5.74) is 2.24. The number of ether oxygens (including phenoxy) is 3. The number of hydroxylamine groups is 1. The average Bonchev–Trinajstić information content (AvgIpc) is 2.84. The number of benzene rings is 2. The van der Waals surface area contributed by atoms with Crippen LogP contribution < -0.4 is 10.2 Å². The summed E-state index contributed by atoms with van der Waals surface area (Å²) >= 11 is 5.99. The third-order valence-corrected chi connectivity index (χ3v) is 7.65. The van der Waals surface area contributed by atoms with Crippen LogP contribution in [0.2, 0.25) is 5.02 Å². The monoisotopic (exact) mass is 527 g/mol. The van der Waals surface area contributed by atoms with Crippen molar-refractivity contribution in [3.8, 4) is 5.75 Å². The molecule has 0 unspecified atom stereocenters. The second-order valence-corrected chi connectivity index (χ2v) is 10.5. The molecule has 1 fully saturated rings. The summed E-state index contributed by atoms with van der Waals surface area (Å²) in [4.78, 5) is 13.7. The first-order valence-corrected chi connectivity index (χ1v) is 12.9. The van der Waals surface area contributed by atoms with Gasteiger partial charge in [0.25, 0.3) is 0 Å². The van der Waals surface area contributed by atoms with Crippen molar-refractivity contribution < 1.29 is 32.6 Å². The Bertz CT molecular complexity index is 1100. The summed E-state index contributed by atoms with van der Waals surface area (Å²) in [5.74, 6) is 0.481. The van der Waals surface area contributed by atoms with E-state index in [1.807, 2.05) is 31.0 Å². The number of halogens is 1. The van der Waals surface area contributed by atoms with Crippen molar-refractivity contribution in [2.45, 2.75) is 43.8 Å². The summed E-state index contributed by atoms with van der Waals surface area (Å²) < 4.78 is 45.0. The van der Waals surface area contributed by atoms with Gasteiger partial charge in [0, 0.05) is 18.1 Å². The Balaban J connectivity index is 1.80. The van der Waals surface area contributed by atoms with Crippen LogP contribution in [0.15, 0.2) is 53.4 Å². The van der Waals surface area contributed by atoms with Crippen LogP contribution in [-0.2, 0) is 26.1 Å². The molecule has 0 spiro atoms. The standard InChI is InChI=1S/C23H30ClN3O7S/c1-4-26(3)13-20-14-27(22(16(2)33-20)34-23(28)25-29)35(30,31)21-10-8-19(9-11-21)32-15-17-6-5-7-18(24)12-17/h5-12,16,20,22,29H,4,13-15H2,1-3H3,(H,25,28)/t16-,20-,22+/m0/s1. The van der Waals surface area contributed by atoms with Gasteiger partial charge >= 0.3 is 6.09 Å². The molecule has 1 aliphatic heterocycles. The highest BCUT2D eigenvalue weighted by Gasteiger charge is 2.44. The van der Waals surface area contributed by atoms with E-state index in [0.29, 0.717) is 17.3 Å². The molecule has 0 aromatic heterocycles. The normalized spacial score (nSPS) is 21.0. The molecule has 0 bridgehead atoms. The van der Waals surface area contributed by atoms with Crippen LogP contribution in [0.1, 0.15) is 19.4 Å². The molecular formula is C23H30ClN3O7S. The van der Waals surface area contributed by atoms with Crippen molar-refractivity contribution in [2.24, 2.45) is 0 Å². The van der Waals surface area contributed by atoms with Gasteiger partial charge in [-0.15, -0.1) is 0 Å². The molecule has 3 atom stereocenters. The summed E-state index contributed by atoms with van der Waals surface area (Å²) in [7, 11) is -2.19. The van der Waals surface area contributed by atoms with E-state index in [4.69, 9.17) is 31.0 Å². The fraction of sp³-hybridized carbons (Fsp3) is 0.435. The molecule has 1 aliphatic rings. The van der Waals surface area contributed by atoms with Crippen LogP contribution in [0, 0.1) is 0 Å². The highest BCUT2D eigenvalue weighted by molar-refractivity contribution is 7.89. The lowest BCUT2D eigenvalue weighted by Gasteiger charge is -2.42. The number of hydrogen-bond acceptors (Lipinski definition) is 8. The number of likely N-dealkylation sites (N-methyl/N-ethyl adjacent to an activating group) is 1. The molecule has 192 valence electrons. The number of morpholine rings is 1. The lowest BCUT2D eigenvalue weighted by atomic mass is 10.2. The lowest BCUT2D eigenvalue weighted by Crippen LogP contribution is -2.59. The van der Waals surface area contributed by atoms with Crippen molar-refractivity contribution in [1.29, 1.82) is 0 Å². The Labute approximate surface area is 210 Å². The molecule has 1 saturated heterocycles. The number of amides is 1. The molecule has 2 aromatic carbocycles. The number of carbonyl (C=O) groups excluding carboxylic acids is 1. The second-order valence-electron chi connectivity index (χ2n) is 8.19. The molecule has 10 nitrogen and oxygen atoms in total. The first-order valence-electron chi connectivity index (χ1n) is 11.1. The first-order chi connectivity index (χ1) is 16.6. The van der Waals surface area contributed by atoms with Gasteiger partial charge in [-0.3, -0.25) is 5.21 Å². The van der Waals surface area contributed by atoms with E-state index in [1.54, 1.807) is 31.2 Å². The predicted octanol–water partition coefficient (Wildman–Crippen LogP) is 3.09. The maximum Gasteiger partial charge on any atom is 0.432 e. The minimum Gasteiger partial charge on any atom is -0.489 e. The summed E-state index contributed by atoms with van der Waals surface area (Å²) in [5, 5.41) is 9.48. The number of rotatable bonds is 9. The number of nitrogens with one attached hydrogen (secondary N) is 1. The first kappa shape index (κ1) is 27.2. The topological polar surface area (TPSA) is 118 Å². The van der Waals surface area contributed by atoms with Gasteiger partial charge in [0.15, 0.2) is 6.23 Å². The smallest absolute Gasteiger partial charge is 0.432 e. The fourth-order valence-electron chi connectivity index (χ4n) is 3.69. The minimum absolute atomic E-state index is 0.00214. The highest BCUT2D eigenvalue weighted by Crippen LogP contribution is 2.28. The third kappa shape index (κ3) is 7.06. The maximum atomic E-state index is 13.6. The minimum atomic E-state index is -4.09. The number of carbonyl (C=O) groups is 1. The van der Waals surface area contributed by atoms with E-state index in [0.717, 1.165) is 16.4 Å². The average molecular weight is 528 g/mol. The second kappa shape index (κ2) is 12.0. The van der Waals surface area contributed by atoms with E-state index in [-0.39, 0.29) is 18.0 Å². The molecule has 12 heteroatoms. The van der Waals surface area contributed by atoms with Crippen molar-refractivity contribution in [3.63, 3.8) is 0 Å². The van der Waals surface area contributed by atoms with Crippen LogP contribution >= 0.6 is 11.6 Å². The molecular weight excluding hydrogens is 498 g/mol. The van der Waals surface area contributed by atoms with Crippen LogP contribution in [-0.4, -0.2) is 74.0 Å². The number of sulfonamides is 1. The van der Waals surface area contributed by atoms with Crippen molar-refractivity contribution in [2.75, 3.05) is 26.7 Å². The van der Waals surface area contributed by atoms with Gasteiger partial charge in [-0.1, -0.05) is 30.7 Å². The molecule has 0 aliphatic carbocycles. The van der Waals surface area contributed by atoms with Crippen LogP contribution in [0.4, 0.5) is 4.79 Å². The van der Waals surface area contributed by atoms with Crippen LogP contribution in [0.25, 0.3) is 0 Å². The lowest BCUT2D eigenvalue weighted by molar-refractivity contribution is -0.160. The quantitative estimate of drug-likeness (QED) is 0.377. The van der Waals surface area contributed by atoms with E-state index in [2.05, 4.69) is 0 Å². The zero-order valence-electron chi connectivity index (χ0n) is 19.8. The van der Waals surface area contributed by atoms with Gasteiger partial charge in [0.1, 0.15) is 18.5 Å². The molecule has 2 aromatic rings. The van der Waals surface area contributed by atoms with Crippen molar-refractivity contribution in [3.05, 3.63) is 59.1 Å². The summed E-state index contributed by atoms with van der Waals surface area (Å²) in [6.45, 7) is 5.07. The molecule has 0 radical (unpaired) electrons. The molecule has 1 amide bonds. The molecule has 3 rings (SSSR count). The van der Waals surface area contributed by atoms with E-state index in [1.165, 1.54) is 17.6 Å². The largest absolute Gasteiger partial charge is 0.489 e. The van der Waals surface area contributed by atoms with E-state index in [9.17, 15) is 13.2 Å². The molecule has 1 heterocycles. The van der Waals surface area contributed by atoms with Crippen LogP contribution in [0.3, 0.4) is 0 Å². The maximum absolute atomic E-state index is 13.6. The Morgan fingerprint density at radius 1 is 1.29 bits per heavy atom. The summed E-state index contributed by atoms with van der Waals surface area (Å²) in [6, 6.07) is 13.2. The SMILES string of the molecule is CCN(C)C[C@H]1CN(S(=O)(=O)c2ccc(OCc3cccc(Cl)c3)cc2)[C@H](OC(=O)NO)[C@H](C)O1. The van der Waals surface area contributed by atoms with Gasteiger partial charge in [0.2, 0.25) is 10.0 Å². The number of hydrogen-bond donors (Lipinski definition) is 2. The predicted molar refractivity (Wildman–Crippen MR) is 129 cm³/mol. The van der Waals surface area contributed by atoms with Gasteiger partial charge in [-0.05, 0) is 62.5 Å². The summed E-state index contributed by atoms with van der Waals surface area (Å²) in [6.07, 6.45) is -3.66. The highest BCUT2D eigenvalue weighted by atomic mass is 35.5. The third-order valence-electron chi connectivity index (χ3n) is 5.58. The van der Waals surface area contributed by atoms with Crippen molar-refractivity contribution >= 4 is 27.7 Å². The molecule has 2 N–H and O–H groups in total. The van der Waals surface area contributed by atoms with E-state index < -0.39 is 34.6 Å². The Morgan fingerprint density at radius 2 is 2.00 bits per heavy atom. The Kier molecular flexibility index (Phi) is 9.34. The van der Waals surface area contributed by atoms with Gasteiger partial charge < -0.3 is 19.1 Å². The van der Waals surface area contributed by atoms with Crippen LogP contribution in [0.5, 0.6) is 5.75 Å². The van der Waals surface area contributed by atoms with Gasteiger partial charge in [0.05, 0.1) is 11.0 Å². The fourth-order valence-corrected chi connectivity index (χ4v) is 5.51. The Hall–Kier alpha value is -2.41. The molecule has 35 heavy (non-hydrogen) atoms. The van der Waals surface area contributed by atoms with Gasteiger partial charge in [-0.25, -0.2) is 18.7 Å².